The molecular formula is C16H24O9. The molecule has 2 heterocycles. The molecule has 5 unspecified atom stereocenters. The number of aliphatic hydroxyl groups is 6. The molecule has 9 heteroatoms. The van der Waals surface area contributed by atoms with Gasteiger partial charge in [0.1, 0.15) is 24.4 Å². The maximum Gasteiger partial charge on any atom is 0.209 e. The van der Waals surface area contributed by atoms with Crippen LogP contribution in [0.3, 0.4) is 0 Å². The van der Waals surface area contributed by atoms with E-state index in [1.54, 1.807) is 13.0 Å². The smallest absolute Gasteiger partial charge is 0.209 e. The quantitative estimate of drug-likeness (QED) is 0.301. The molecule has 25 heavy (non-hydrogen) atoms. The van der Waals surface area contributed by atoms with E-state index in [9.17, 15) is 30.6 Å². The van der Waals surface area contributed by atoms with E-state index in [1.807, 2.05) is 0 Å². The average Bonchev–Trinajstić information content (AvgIpc) is 2.95. The van der Waals surface area contributed by atoms with Crippen molar-refractivity contribution in [2.45, 2.75) is 50.0 Å². The summed E-state index contributed by atoms with van der Waals surface area (Å²) in [6.45, 7) is 0.935. The van der Waals surface area contributed by atoms with Crippen molar-refractivity contribution in [3.63, 3.8) is 0 Å². The van der Waals surface area contributed by atoms with Gasteiger partial charge in [-0.15, -0.1) is 0 Å². The van der Waals surface area contributed by atoms with Crippen molar-refractivity contribution in [1.82, 2.24) is 0 Å². The Morgan fingerprint density at radius 1 is 1.00 bits per heavy atom. The summed E-state index contributed by atoms with van der Waals surface area (Å²) in [5.74, 6) is -0.830. The number of rotatable bonds is 4. The van der Waals surface area contributed by atoms with Crippen molar-refractivity contribution in [2.75, 3.05) is 13.2 Å². The Bertz CT molecular complexity index is 546. The van der Waals surface area contributed by atoms with Crippen LogP contribution in [0.15, 0.2) is 23.5 Å². The van der Waals surface area contributed by atoms with Gasteiger partial charge in [0.15, 0.2) is 6.29 Å². The third-order valence-electron chi connectivity index (χ3n) is 5.07. The predicted octanol–water partition coefficient (Wildman–Crippen LogP) is -2.41. The minimum absolute atomic E-state index is 0.288. The first-order valence-corrected chi connectivity index (χ1v) is 8.16. The van der Waals surface area contributed by atoms with Gasteiger partial charge in [-0.3, -0.25) is 0 Å². The van der Waals surface area contributed by atoms with Crippen LogP contribution < -0.4 is 0 Å². The second-order valence-electron chi connectivity index (χ2n) is 6.64. The highest BCUT2D eigenvalue weighted by Gasteiger charge is 2.50. The Morgan fingerprint density at radius 2 is 1.72 bits per heavy atom. The maximum atomic E-state index is 10.2. The van der Waals surface area contributed by atoms with Crippen molar-refractivity contribution in [3.8, 4) is 0 Å². The fourth-order valence-electron chi connectivity index (χ4n) is 3.70. The molecule has 3 aliphatic rings. The van der Waals surface area contributed by atoms with Crippen LogP contribution in [-0.2, 0) is 14.2 Å². The molecule has 2 aliphatic heterocycles. The SMILES string of the molecule is CC1=CO[C@@H](OC2OC(CO)C(O)C(O)C2O)[C@H]2C(CO)=C[C@H](O)[C@H]12. The molecule has 142 valence electrons. The third-order valence-corrected chi connectivity index (χ3v) is 5.07. The van der Waals surface area contributed by atoms with Gasteiger partial charge in [-0.05, 0) is 18.1 Å². The maximum absolute atomic E-state index is 10.2. The van der Waals surface area contributed by atoms with Gasteiger partial charge in [0.2, 0.25) is 6.29 Å². The molecular weight excluding hydrogens is 336 g/mol. The van der Waals surface area contributed by atoms with Crippen LogP contribution in [0, 0.1) is 11.8 Å². The van der Waals surface area contributed by atoms with E-state index in [0.29, 0.717) is 5.57 Å². The van der Waals surface area contributed by atoms with E-state index in [-0.39, 0.29) is 12.5 Å². The molecule has 0 aromatic carbocycles. The Labute approximate surface area is 144 Å². The molecule has 9 nitrogen and oxygen atoms in total. The Morgan fingerprint density at radius 3 is 2.36 bits per heavy atom. The fourth-order valence-corrected chi connectivity index (χ4v) is 3.70. The minimum atomic E-state index is -1.56. The first kappa shape index (κ1) is 18.7. The summed E-state index contributed by atoms with van der Waals surface area (Å²) in [4.78, 5) is 0. The monoisotopic (exact) mass is 360 g/mol. The van der Waals surface area contributed by atoms with Crippen LogP contribution in [0.5, 0.6) is 0 Å². The molecule has 0 amide bonds. The number of ether oxygens (including phenoxy) is 3. The van der Waals surface area contributed by atoms with E-state index in [0.717, 1.165) is 5.57 Å². The first-order chi connectivity index (χ1) is 11.9. The molecule has 6 N–H and O–H groups in total. The van der Waals surface area contributed by atoms with Crippen LogP contribution in [-0.4, -0.2) is 87.0 Å². The molecule has 3 rings (SSSR count). The standard InChI is InChI=1S/C16H24O9/c1-6-5-23-15(11-7(3-17)2-8(19)10(6)11)25-16-14(22)13(21)12(20)9(4-18)24-16/h2,5,8-22H,3-4H2,1H3/t8-,9?,10-,11-,12?,13?,14?,15-,16?/m0/s1. The summed E-state index contributed by atoms with van der Waals surface area (Å²) in [5, 5.41) is 58.7. The summed E-state index contributed by atoms with van der Waals surface area (Å²) in [6.07, 6.45) is -5.85. The minimum Gasteiger partial charge on any atom is -0.472 e. The Kier molecular flexibility index (Phi) is 5.47. The normalized spacial score (nSPS) is 46.9. The zero-order valence-electron chi connectivity index (χ0n) is 13.7. The zero-order valence-corrected chi connectivity index (χ0v) is 13.7. The fraction of sp³-hybridized carbons (Fsp3) is 0.750. The van der Waals surface area contributed by atoms with Gasteiger partial charge in [-0.2, -0.15) is 0 Å². The molecule has 0 saturated carbocycles. The lowest BCUT2D eigenvalue weighted by molar-refractivity contribution is -0.340. The van der Waals surface area contributed by atoms with Crippen molar-refractivity contribution < 1.29 is 44.8 Å². The summed E-state index contributed by atoms with van der Waals surface area (Å²) in [5.41, 5.74) is 1.32. The van der Waals surface area contributed by atoms with Crippen molar-refractivity contribution in [1.29, 1.82) is 0 Å². The summed E-state index contributed by atoms with van der Waals surface area (Å²) in [7, 11) is 0. The Hall–Kier alpha value is -1.04. The van der Waals surface area contributed by atoms with Crippen molar-refractivity contribution in [2.24, 2.45) is 11.8 Å². The molecule has 0 aromatic heterocycles. The second kappa shape index (κ2) is 7.29. The number of hydrogen-bond acceptors (Lipinski definition) is 9. The van der Waals surface area contributed by atoms with Gasteiger partial charge in [-0.25, -0.2) is 0 Å². The molecule has 1 fully saturated rings. The highest BCUT2D eigenvalue weighted by molar-refractivity contribution is 5.29. The van der Waals surface area contributed by atoms with E-state index in [1.165, 1.54) is 6.26 Å². The van der Waals surface area contributed by atoms with Gasteiger partial charge in [0.05, 0.1) is 31.5 Å². The topological polar surface area (TPSA) is 149 Å². The van der Waals surface area contributed by atoms with E-state index in [4.69, 9.17) is 14.2 Å². The number of fused-ring (bicyclic) bond motifs is 1. The molecule has 1 saturated heterocycles. The molecule has 0 radical (unpaired) electrons. The third kappa shape index (κ3) is 3.22. The van der Waals surface area contributed by atoms with Gasteiger partial charge < -0.3 is 44.8 Å². The summed E-state index contributed by atoms with van der Waals surface area (Å²) in [6, 6.07) is 0. The molecule has 0 spiro atoms. The van der Waals surface area contributed by atoms with Crippen molar-refractivity contribution >= 4 is 0 Å². The van der Waals surface area contributed by atoms with E-state index >= 15 is 0 Å². The largest absolute Gasteiger partial charge is 0.472 e. The van der Waals surface area contributed by atoms with Crippen LogP contribution in [0.4, 0.5) is 0 Å². The van der Waals surface area contributed by atoms with E-state index < -0.39 is 55.6 Å². The molecule has 0 aromatic rings. The van der Waals surface area contributed by atoms with Crippen LogP contribution in [0.25, 0.3) is 0 Å². The molecule has 9 atom stereocenters. The van der Waals surface area contributed by atoms with E-state index in [2.05, 4.69) is 0 Å². The number of aliphatic hydroxyl groups excluding tert-OH is 6. The first-order valence-electron chi connectivity index (χ1n) is 8.16. The van der Waals surface area contributed by atoms with Gasteiger partial charge in [-0.1, -0.05) is 6.08 Å². The average molecular weight is 360 g/mol. The molecule has 1 aliphatic carbocycles. The second-order valence-corrected chi connectivity index (χ2v) is 6.64. The lowest BCUT2D eigenvalue weighted by Crippen LogP contribution is -2.60. The van der Waals surface area contributed by atoms with Gasteiger partial charge >= 0.3 is 0 Å². The lowest BCUT2D eigenvalue weighted by atomic mass is 9.83. The number of hydrogen-bond donors (Lipinski definition) is 6. The highest BCUT2D eigenvalue weighted by Crippen LogP contribution is 2.44. The van der Waals surface area contributed by atoms with Gasteiger partial charge in [0.25, 0.3) is 0 Å². The predicted molar refractivity (Wildman–Crippen MR) is 81.6 cm³/mol. The van der Waals surface area contributed by atoms with Crippen molar-refractivity contribution in [3.05, 3.63) is 23.5 Å². The summed E-state index contributed by atoms with van der Waals surface area (Å²) >= 11 is 0. The Balaban J connectivity index is 1.79. The highest BCUT2D eigenvalue weighted by atomic mass is 16.8. The molecule has 0 bridgehead atoms. The van der Waals surface area contributed by atoms with Crippen LogP contribution in [0.1, 0.15) is 6.92 Å². The summed E-state index contributed by atoms with van der Waals surface area (Å²) < 4.78 is 16.5. The van der Waals surface area contributed by atoms with Gasteiger partial charge in [0, 0.05) is 5.92 Å². The zero-order chi connectivity index (χ0) is 18.3. The van der Waals surface area contributed by atoms with Crippen LogP contribution in [0.2, 0.25) is 0 Å². The van der Waals surface area contributed by atoms with Crippen LogP contribution >= 0.6 is 0 Å². The lowest BCUT2D eigenvalue weighted by Gasteiger charge is -2.43.